The lowest BCUT2D eigenvalue weighted by Gasteiger charge is -2.36. The number of carbonyl (C=O) groups excluding carboxylic acids is 1. The van der Waals surface area contributed by atoms with Crippen molar-refractivity contribution in [2.45, 2.75) is 17.4 Å². The Morgan fingerprint density at radius 1 is 1.03 bits per heavy atom. The molecule has 1 aliphatic heterocycles. The molecule has 3 aromatic carbocycles. The minimum absolute atomic E-state index is 0.0470. The first-order chi connectivity index (χ1) is 14.7. The highest BCUT2D eigenvalue weighted by molar-refractivity contribution is 9.10. The number of hydrogen-bond acceptors (Lipinski definition) is 2. The number of hydrogen-bond donors (Lipinski definition) is 1. The lowest BCUT2D eigenvalue weighted by Crippen LogP contribution is -2.40. The first kappa shape index (κ1) is 19.5. The summed E-state index contributed by atoms with van der Waals surface area (Å²) in [5, 5.41) is 1.26. The largest absolute Gasteiger partial charge is 0.356 e. The summed E-state index contributed by atoms with van der Waals surface area (Å²) in [6.07, 6.45) is 2.92. The second kappa shape index (κ2) is 7.97. The quantitative estimate of drug-likeness (QED) is 0.345. The molecule has 1 atom stereocenters. The molecule has 0 radical (unpaired) electrons. The SMILES string of the molecule is CSc1ccc([C@H]2c3[nH]c4ccccc4c3CCN2C(=O)c2ccccc2Br)cc1. The van der Waals surface area contributed by atoms with Crippen LogP contribution in [-0.2, 0) is 6.42 Å². The fourth-order valence-electron chi connectivity index (χ4n) is 4.38. The zero-order valence-electron chi connectivity index (χ0n) is 16.6. The highest BCUT2D eigenvalue weighted by atomic mass is 79.9. The Labute approximate surface area is 188 Å². The van der Waals surface area contributed by atoms with Gasteiger partial charge in [-0.15, -0.1) is 11.8 Å². The Bertz CT molecular complexity index is 1230. The highest BCUT2D eigenvalue weighted by Crippen LogP contribution is 2.39. The molecular weight excluding hydrogens is 456 g/mol. The number of carbonyl (C=O) groups is 1. The fourth-order valence-corrected chi connectivity index (χ4v) is 5.24. The van der Waals surface area contributed by atoms with Crippen molar-refractivity contribution >= 4 is 44.5 Å². The van der Waals surface area contributed by atoms with Gasteiger partial charge in [-0.2, -0.15) is 0 Å². The zero-order valence-corrected chi connectivity index (χ0v) is 19.0. The van der Waals surface area contributed by atoms with Crippen molar-refractivity contribution in [3.8, 4) is 0 Å². The summed E-state index contributed by atoms with van der Waals surface area (Å²) in [5.41, 5.74) is 5.40. The normalized spacial score (nSPS) is 15.9. The van der Waals surface area contributed by atoms with E-state index < -0.39 is 0 Å². The van der Waals surface area contributed by atoms with Gasteiger partial charge in [0.15, 0.2) is 0 Å². The van der Waals surface area contributed by atoms with Crippen LogP contribution in [0, 0.1) is 0 Å². The molecule has 3 nitrogen and oxygen atoms in total. The topological polar surface area (TPSA) is 36.1 Å². The van der Waals surface area contributed by atoms with Crippen molar-refractivity contribution in [1.82, 2.24) is 9.88 Å². The number of aromatic amines is 1. The summed E-state index contributed by atoms with van der Waals surface area (Å²) in [7, 11) is 0. The van der Waals surface area contributed by atoms with E-state index in [1.54, 1.807) is 11.8 Å². The molecule has 150 valence electrons. The maximum absolute atomic E-state index is 13.6. The van der Waals surface area contributed by atoms with E-state index in [0.29, 0.717) is 12.1 Å². The predicted molar refractivity (Wildman–Crippen MR) is 127 cm³/mol. The molecule has 1 aliphatic rings. The number of H-pyrrole nitrogens is 1. The summed E-state index contributed by atoms with van der Waals surface area (Å²) in [5.74, 6) is 0.0470. The summed E-state index contributed by atoms with van der Waals surface area (Å²) >= 11 is 5.29. The molecule has 0 fully saturated rings. The lowest BCUT2D eigenvalue weighted by molar-refractivity contribution is 0.0691. The third-order valence-electron chi connectivity index (χ3n) is 5.83. The number of thioether (sulfide) groups is 1. The standard InChI is InChI=1S/C25H21BrN2OS/c1-30-17-12-10-16(11-13-17)24-23-19(18-6-3-5-9-22(18)27-23)14-15-28(24)25(29)20-7-2-4-8-21(20)26/h2-13,24,27H,14-15H2,1H3/t24-/m0/s1. The Hall–Kier alpha value is -2.50. The molecule has 5 rings (SSSR count). The van der Waals surface area contributed by atoms with Gasteiger partial charge in [0.2, 0.25) is 0 Å². The van der Waals surface area contributed by atoms with Crippen LogP contribution in [0.5, 0.6) is 0 Å². The predicted octanol–water partition coefficient (Wildman–Crippen LogP) is 6.44. The fraction of sp³-hybridized carbons (Fsp3) is 0.160. The number of nitrogens with one attached hydrogen (secondary N) is 1. The van der Waals surface area contributed by atoms with E-state index in [-0.39, 0.29) is 11.9 Å². The average Bonchev–Trinajstić information content (AvgIpc) is 3.17. The average molecular weight is 477 g/mol. The molecule has 0 unspecified atom stereocenters. The van der Waals surface area contributed by atoms with Gasteiger partial charge in [0.1, 0.15) is 0 Å². The zero-order chi connectivity index (χ0) is 20.7. The van der Waals surface area contributed by atoms with Crippen LogP contribution in [0.2, 0.25) is 0 Å². The van der Waals surface area contributed by atoms with Gasteiger partial charge in [0.05, 0.1) is 11.6 Å². The molecule has 1 aromatic heterocycles. The summed E-state index contributed by atoms with van der Waals surface area (Å²) in [6.45, 7) is 0.684. The van der Waals surface area contributed by atoms with Crippen LogP contribution < -0.4 is 0 Å². The van der Waals surface area contributed by atoms with E-state index in [0.717, 1.165) is 27.7 Å². The number of benzene rings is 3. The third kappa shape index (κ3) is 3.26. The number of nitrogens with zero attached hydrogens (tertiary/aromatic N) is 1. The van der Waals surface area contributed by atoms with Gasteiger partial charge in [0, 0.05) is 32.5 Å². The maximum Gasteiger partial charge on any atom is 0.255 e. The van der Waals surface area contributed by atoms with Gasteiger partial charge >= 0.3 is 0 Å². The number of fused-ring (bicyclic) bond motifs is 3. The van der Waals surface area contributed by atoms with Crippen molar-refractivity contribution < 1.29 is 4.79 Å². The second-order valence-electron chi connectivity index (χ2n) is 7.47. The molecule has 0 aliphatic carbocycles. The molecule has 0 bridgehead atoms. The summed E-state index contributed by atoms with van der Waals surface area (Å²) in [6, 6.07) is 24.5. The van der Waals surface area contributed by atoms with Crippen LogP contribution in [0.15, 0.2) is 82.2 Å². The van der Waals surface area contributed by atoms with Crippen molar-refractivity contribution in [2.24, 2.45) is 0 Å². The van der Waals surface area contributed by atoms with Gasteiger partial charge in [-0.25, -0.2) is 0 Å². The summed E-state index contributed by atoms with van der Waals surface area (Å²) < 4.78 is 0.828. The molecule has 30 heavy (non-hydrogen) atoms. The van der Waals surface area contributed by atoms with Gasteiger partial charge in [-0.1, -0.05) is 42.5 Å². The van der Waals surface area contributed by atoms with Crippen molar-refractivity contribution in [2.75, 3.05) is 12.8 Å². The number of aromatic nitrogens is 1. The molecule has 5 heteroatoms. The van der Waals surface area contributed by atoms with E-state index in [2.05, 4.69) is 75.7 Å². The highest BCUT2D eigenvalue weighted by Gasteiger charge is 2.35. The van der Waals surface area contributed by atoms with Gasteiger partial charge in [-0.05, 0) is 70.1 Å². The first-order valence-electron chi connectivity index (χ1n) is 9.96. The van der Waals surface area contributed by atoms with E-state index in [4.69, 9.17) is 0 Å². The van der Waals surface area contributed by atoms with Crippen LogP contribution >= 0.6 is 27.7 Å². The third-order valence-corrected chi connectivity index (χ3v) is 7.27. The van der Waals surface area contributed by atoms with Crippen LogP contribution in [-0.4, -0.2) is 28.6 Å². The van der Waals surface area contributed by atoms with Gasteiger partial charge < -0.3 is 9.88 Å². The number of halogens is 1. The monoisotopic (exact) mass is 476 g/mol. The van der Waals surface area contributed by atoms with E-state index in [1.165, 1.54) is 15.8 Å². The molecule has 4 aromatic rings. The number of rotatable bonds is 3. The molecule has 1 N–H and O–H groups in total. The van der Waals surface area contributed by atoms with Crippen LogP contribution in [0.3, 0.4) is 0 Å². The van der Waals surface area contributed by atoms with Crippen molar-refractivity contribution in [3.63, 3.8) is 0 Å². The van der Waals surface area contributed by atoms with E-state index in [1.807, 2.05) is 29.2 Å². The molecular formula is C25H21BrN2OS. The molecule has 0 saturated heterocycles. The minimum atomic E-state index is -0.142. The first-order valence-corrected chi connectivity index (χ1v) is 12.0. The second-order valence-corrected chi connectivity index (χ2v) is 9.20. The molecule has 0 saturated carbocycles. The van der Waals surface area contributed by atoms with Gasteiger partial charge in [0.25, 0.3) is 5.91 Å². The molecule has 1 amide bonds. The Morgan fingerprint density at radius 2 is 1.77 bits per heavy atom. The maximum atomic E-state index is 13.6. The minimum Gasteiger partial charge on any atom is -0.356 e. The van der Waals surface area contributed by atoms with Crippen LogP contribution in [0.25, 0.3) is 10.9 Å². The molecule has 0 spiro atoms. The smallest absolute Gasteiger partial charge is 0.255 e. The lowest BCUT2D eigenvalue weighted by atomic mass is 9.91. The number of amides is 1. The van der Waals surface area contributed by atoms with Crippen molar-refractivity contribution in [1.29, 1.82) is 0 Å². The van der Waals surface area contributed by atoms with Gasteiger partial charge in [-0.3, -0.25) is 4.79 Å². The van der Waals surface area contributed by atoms with Crippen LogP contribution in [0.1, 0.15) is 33.2 Å². The molecule has 2 heterocycles. The Kier molecular flexibility index (Phi) is 5.17. The van der Waals surface area contributed by atoms with E-state index >= 15 is 0 Å². The van der Waals surface area contributed by atoms with Crippen molar-refractivity contribution in [3.05, 3.63) is 99.7 Å². The van der Waals surface area contributed by atoms with E-state index in [9.17, 15) is 4.79 Å². The van der Waals surface area contributed by atoms with Crippen LogP contribution in [0.4, 0.5) is 0 Å². The Morgan fingerprint density at radius 3 is 2.53 bits per heavy atom. The Balaban J connectivity index is 1.66. The summed E-state index contributed by atoms with van der Waals surface area (Å²) in [4.78, 5) is 20.5. The number of para-hydroxylation sites is 1.